The average Bonchev–Trinajstić information content (AvgIpc) is 2.75. The fourth-order valence-corrected chi connectivity index (χ4v) is 3.74. The van der Waals surface area contributed by atoms with Gasteiger partial charge in [0.05, 0.1) is 11.4 Å². The fraction of sp³-hybridized carbons (Fsp3) is 0.273. The number of benzene rings is 2. The van der Waals surface area contributed by atoms with E-state index >= 15 is 0 Å². The molecule has 0 saturated carbocycles. The highest BCUT2D eigenvalue weighted by Crippen LogP contribution is 2.16. The Balaban J connectivity index is 2.20. The van der Waals surface area contributed by atoms with E-state index in [-0.39, 0.29) is 28.8 Å². The predicted molar refractivity (Wildman–Crippen MR) is 115 cm³/mol. The summed E-state index contributed by atoms with van der Waals surface area (Å²) in [7, 11) is -0.420. The molecule has 0 aliphatic heterocycles. The minimum atomic E-state index is -3.79. The van der Waals surface area contributed by atoms with Crippen LogP contribution in [0.3, 0.4) is 0 Å². The number of nitrogens with one attached hydrogen (secondary N) is 1. The van der Waals surface area contributed by atoms with Crippen molar-refractivity contribution in [3.63, 3.8) is 0 Å². The highest BCUT2D eigenvalue weighted by atomic mass is 32.2. The van der Waals surface area contributed by atoms with Gasteiger partial charge in [0.2, 0.25) is 10.0 Å². The summed E-state index contributed by atoms with van der Waals surface area (Å²) >= 11 is 0. The van der Waals surface area contributed by atoms with Crippen LogP contribution in [0.25, 0.3) is 0 Å². The van der Waals surface area contributed by atoms with Crippen molar-refractivity contribution in [1.82, 2.24) is 14.5 Å². The van der Waals surface area contributed by atoms with Gasteiger partial charge in [0.15, 0.2) is 0 Å². The van der Waals surface area contributed by atoms with Crippen molar-refractivity contribution in [1.29, 1.82) is 0 Å². The van der Waals surface area contributed by atoms with E-state index in [0.717, 1.165) is 5.56 Å². The minimum Gasteiger partial charge on any atom is -0.345 e. The number of nitrogens with zero attached hydrogens (tertiary/aromatic N) is 2. The molecule has 2 amide bonds. The second-order valence-corrected chi connectivity index (χ2v) is 8.54. The van der Waals surface area contributed by atoms with E-state index in [0.29, 0.717) is 18.7 Å². The molecule has 0 spiro atoms. The topological polar surface area (TPSA) is 86.8 Å². The van der Waals surface area contributed by atoms with E-state index in [1.54, 1.807) is 49.3 Å². The van der Waals surface area contributed by atoms with E-state index in [1.165, 1.54) is 23.1 Å². The number of hydrogen-bond donors (Lipinski definition) is 1. The van der Waals surface area contributed by atoms with E-state index in [2.05, 4.69) is 10.6 Å². The molecule has 0 unspecified atom stereocenters. The van der Waals surface area contributed by atoms with Gasteiger partial charge in [0.25, 0.3) is 11.8 Å². The molecule has 2 aromatic rings. The number of amides is 2. The molecule has 158 valence electrons. The van der Waals surface area contributed by atoms with Crippen LogP contribution in [0.15, 0.2) is 53.4 Å². The Morgan fingerprint density at radius 2 is 1.70 bits per heavy atom. The van der Waals surface area contributed by atoms with Gasteiger partial charge in [-0.25, -0.2) is 8.42 Å². The van der Waals surface area contributed by atoms with Crippen molar-refractivity contribution < 1.29 is 18.0 Å². The quantitative estimate of drug-likeness (QED) is 0.653. The van der Waals surface area contributed by atoms with Crippen molar-refractivity contribution in [2.75, 3.05) is 27.2 Å². The third-order valence-corrected chi connectivity index (χ3v) is 5.80. The summed E-state index contributed by atoms with van der Waals surface area (Å²) in [6, 6.07) is 12.9. The van der Waals surface area contributed by atoms with E-state index in [1.807, 2.05) is 6.92 Å². The monoisotopic (exact) mass is 427 g/mol. The summed E-state index contributed by atoms with van der Waals surface area (Å²) in [5.74, 6) is 1.83. The fourth-order valence-electron chi connectivity index (χ4n) is 2.76. The van der Waals surface area contributed by atoms with Crippen molar-refractivity contribution in [2.45, 2.75) is 18.4 Å². The van der Waals surface area contributed by atoms with Gasteiger partial charge in [0, 0.05) is 38.3 Å². The summed E-state index contributed by atoms with van der Waals surface area (Å²) in [4.78, 5) is 28.0. The van der Waals surface area contributed by atoms with Gasteiger partial charge in [0.1, 0.15) is 0 Å². The first-order valence-corrected chi connectivity index (χ1v) is 10.8. The first-order valence-electron chi connectivity index (χ1n) is 9.32. The Hall–Kier alpha value is -3.15. The standard InChI is InChI=1S/C22H25N3O4S/c1-5-14-23-30(28,29)20-9-7-8-19(15-20)22(27)25(6-2)16-17-10-12-18(13-11-17)21(26)24(3)4/h1,7-13,15,23H,6,14,16H2,2-4H3. The van der Waals surface area contributed by atoms with Crippen molar-refractivity contribution in [2.24, 2.45) is 0 Å². The molecule has 8 heteroatoms. The van der Waals surface area contributed by atoms with Crippen LogP contribution in [0.5, 0.6) is 0 Å². The van der Waals surface area contributed by atoms with Crippen molar-refractivity contribution >= 4 is 21.8 Å². The van der Waals surface area contributed by atoms with Crippen LogP contribution in [0.1, 0.15) is 33.2 Å². The van der Waals surface area contributed by atoms with E-state index < -0.39 is 10.0 Å². The Kier molecular flexibility index (Phi) is 7.75. The molecule has 0 aliphatic carbocycles. The summed E-state index contributed by atoms with van der Waals surface area (Å²) in [5, 5.41) is 0. The molecule has 0 atom stereocenters. The first-order chi connectivity index (χ1) is 14.2. The van der Waals surface area contributed by atoms with Gasteiger partial charge in [-0.05, 0) is 42.8 Å². The van der Waals surface area contributed by atoms with Crippen LogP contribution >= 0.6 is 0 Å². The van der Waals surface area contributed by atoms with E-state index in [9.17, 15) is 18.0 Å². The molecule has 0 radical (unpaired) electrons. The molecule has 0 fully saturated rings. The normalized spacial score (nSPS) is 10.9. The third-order valence-electron chi connectivity index (χ3n) is 4.40. The zero-order valence-corrected chi connectivity index (χ0v) is 18.1. The van der Waals surface area contributed by atoms with Gasteiger partial charge in [-0.2, -0.15) is 4.72 Å². The molecule has 0 heterocycles. The first kappa shape index (κ1) is 23.1. The number of sulfonamides is 1. The maximum Gasteiger partial charge on any atom is 0.254 e. The summed E-state index contributed by atoms with van der Waals surface area (Å²) in [6.45, 7) is 2.48. The maximum atomic E-state index is 13.0. The minimum absolute atomic E-state index is 0.0220. The van der Waals surface area contributed by atoms with Crippen molar-refractivity contribution in [3.8, 4) is 12.3 Å². The Labute approximate surface area is 177 Å². The molecular formula is C22H25N3O4S. The van der Waals surface area contributed by atoms with Crippen LogP contribution in [-0.4, -0.2) is 57.2 Å². The van der Waals surface area contributed by atoms with E-state index in [4.69, 9.17) is 6.42 Å². The smallest absolute Gasteiger partial charge is 0.254 e. The molecule has 2 rings (SSSR count). The zero-order chi connectivity index (χ0) is 22.3. The number of hydrogen-bond acceptors (Lipinski definition) is 4. The van der Waals surface area contributed by atoms with Gasteiger partial charge in [-0.1, -0.05) is 24.1 Å². The molecule has 0 aromatic heterocycles. The van der Waals surface area contributed by atoms with Gasteiger partial charge < -0.3 is 9.80 Å². The number of carbonyl (C=O) groups excluding carboxylic acids is 2. The summed E-state index contributed by atoms with van der Waals surface area (Å²) in [6.07, 6.45) is 5.10. The number of rotatable bonds is 8. The molecule has 30 heavy (non-hydrogen) atoms. The summed E-state index contributed by atoms with van der Waals surface area (Å²) in [5.41, 5.74) is 1.69. The lowest BCUT2D eigenvalue weighted by Crippen LogP contribution is -2.31. The lowest BCUT2D eigenvalue weighted by atomic mass is 10.1. The molecule has 2 aromatic carbocycles. The van der Waals surface area contributed by atoms with Crippen LogP contribution in [0.4, 0.5) is 0 Å². The Morgan fingerprint density at radius 3 is 2.27 bits per heavy atom. The van der Waals surface area contributed by atoms with Crippen LogP contribution in [-0.2, 0) is 16.6 Å². The largest absolute Gasteiger partial charge is 0.345 e. The molecule has 1 N–H and O–H groups in total. The highest BCUT2D eigenvalue weighted by Gasteiger charge is 2.19. The molecule has 0 bridgehead atoms. The van der Waals surface area contributed by atoms with Gasteiger partial charge >= 0.3 is 0 Å². The van der Waals surface area contributed by atoms with Gasteiger partial charge in [-0.15, -0.1) is 6.42 Å². The summed E-state index contributed by atoms with van der Waals surface area (Å²) < 4.78 is 26.8. The Bertz CT molecular complexity index is 1050. The maximum absolute atomic E-state index is 13.0. The van der Waals surface area contributed by atoms with Crippen LogP contribution in [0.2, 0.25) is 0 Å². The molecule has 0 aliphatic rings. The number of terminal acetylenes is 1. The molecule has 7 nitrogen and oxygen atoms in total. The average molecular weight is 428 g/mol. The predicted octanol–water partition coefficient (Wildman–Crippen LogP) is 1.96. The van der Waals surface area contributed by atoms with Crippen molar-refractivity contribution in [3.05, 3.63) is 65.2 Å². The molecule has 0 saturated heterocycles. The second-order valence-electron chi connectivity index (χ2n) is 6.77. The second kappa shape index (κ2) is 10.1. The zero-order valence-electron chi connectivity index (χ0n) is 17.3. The van der Waals surface area contributed by atoms with Gasteiger partial charge in [-0.3, -0.25) is 9.59 Å². The highest BCUT2D eigenvalue weighted by molar-refractivity contribution is 7.89. The molecular weight excluding hydrogens is 402 g/mol. The lowest BCUT2D eigenvalue weighted by molar-refractivity contribution is 0.0751. The SMILES string of the molecule is C#CCNS(=O)(=O)c1cccc(C(=O)N(CC)Cc2ccc(C(=O)N(C)C)cc2)c1. The lowest BCUT2D eigenvalue weighted by Gasteiger charge is -2.21. The van der Waals surface area contributed by atoms with Crippen LogP contribution < -0.4 is 4.72 Å². The third kappa shape index (κ3) is 5.69. The number of carbonyl (C=O) groups is 2. The van der Waals surface area contributed by atoms with Crippen LogP contribution in [0, 0.1) is 12.3 Å². The Morgan fingerprint density at radius 1 is 1.03 bits per heavy atom.